The normalized spacial score (nSPS) is 19.0. The number of carbonyl (C=O) groups is 1. The summed E-state index contributed by atoms with van der Waals surface area (Å²) in [7, 11) is -3.94. The van der Waals surface area contributed by atoms with Crippen molar-refractivity contribution in [2.24, 2.45) is 0 Å². The van der Waals surface area contributed by atoms with Crippen LogP contribution in [0.15, 0.2) is 53.4 Å². The maximum Gasteiger partial charge on any atom is 0.311 e. The first-order valence-electron chi connectivity index (χ1n) is 8.34. The molecule has 1 aliphatic rings. The minimum atomic E-state index is -3.94. The van der Waals surface area contributed by atoms with Crippen LogP contribution in [0.3, 0.4) is 0 Å². The van der Waals surface area contributed by atoms with Gasteiger partial charge in [-0.2, -0.15) is 0 Å². The molecule has 0 fully saturated rings. The molecule has 2 aromatic carbocycles. The number of ether oxygens (including phenoxy) is 2. The van der Waals surface area contributed by atoms with Crippen molar-refractivity contribution in [3.8, 4) is 5.75 Å². The largest absolute Gasteiger partial charge is 0.466 e. The zero-order valence-electron chi connectivity index (χ0n) is 14.9. The topological polar surface area (TPSA) is 72.9 Å². The summed E-state index contributed by atoms with van der Waals surface area (Å²) in [4.78, 5) is 12.2. The van der Waals surface area contributed by atoms with Crippen LogP contribution in [0, 0.1) is 6.92 Å². The van der Waals surface area contributed by atoms with E-state index < -0.39 is 21.7 Å². The highest BCUT2D eigenvalue weighted by molar-refractivity contribution is 7.93. The minimum absolute atomic E-state index is 0.137. The Hall–Kier alpha value is -2.54. The van der Waals surface area contributed by atoms with Gasteiger partial charge in [0.2, 0.25) is 5.72 Å². The molecule has 3 rings (SSSR count). The number of esters is 1. The number of fused-ring (bicyclic) bond motifs is 1. The summed E-state index contributed by atoms with van der Waals surface area (Å²) in [5.74, 6) is -0.109. The van der Waals surface area contributed by atoms with E-state index in [9.17, 15) is 13.2 Å². The summed E-state index contributed by atoms with van der Waals surface area (Å²) >= 11 is 0. The van der Waals surface area contributed by atoms with Gasteiger partial charge >= 0.3 is 5.97 Å². The van der Waals surface area contributed by atoms with Crippen LogP contribution in [0.1, 0.15) is 25.8 Å². The van der Waals surface area contributed by atoms with Crippen molar-refractivity contribution >= 4 is 21.7 Å². The van der Waals surface area contributed by atoms with E-state index >= 15 is 0 Å². The number of sulfonamides is 1. The van der Waals surface area contributed by atoms with E-state index in [1.165, 1.54) is 4.31 Å². The van der Waals surface area contributed by atoms with Gasteiger partial charge in [-0.3, -0.25) is 4.79 Å². The molecule has 0 saturated heterocycles. The zero-order chi connectivity index (χ0) is 18.9. The van der Waals surface area contributed by atoms with E-state index in [0.717, 1.165) is 5.56 Å². The number of hydrogen-bond acceptors (Lipinski definition) is 5. The highest BCUT2D eigenvalue weighted by Crippen LogP contribution is 2.46. The number of aryl methyl sites for hydroxylation is 1. The van der Waals surface area contributed by atoms with Crippen LogP contribution in [0.2, 0.25) is 0 Å². The van der Waals surface area contributed by atoms with E-state index in [-0.39, 0.29) is 17.9 Å². The average molecular weight is 375 g/mol. The predicted octanol–water partition coefficient (Wildman–Crippen LogP) is 3.25. The van der Waals surface area contributed by atoms with Gasteiger partial charge in [-0.25, -0.2) is 12.7 Å². The van der Waals surface area contributed by atoms with E-state index in [1.807, 2.05) is 6.92 Å². The molecule has 0 N–H and O–H groups in total. The Labute approximate surface area is 153 Å². The summed E-state index contributed by atoms with van der Waals surface area (Å²) in [6, 6.07) is 13.4. The Balaban J connectivity index is 2.09. The van der Waals surface area contributed by atoms with Gasteiger partial charge in [-0.1, -0.05) is 29.8 Å². The molecule has 26 heavy (non-hydrogen) atoms. The van der Waals surface area contributed by atoms with E-state index in [4.69, 9.17) is 9.47 Å². The van der Waals surface area contributed by atoms with Gasteiger partial charge in [0.05, 0.1) is 17.2 Å². The van der Waals surface area contributed by atoms with Crippen molar-refractivity contribution < 1.29 is 22.7 Å². The highest BCUT2D eigenvalue weighted by atomic mass is 32.2. The molecule has 6 nitrogen and oxygen atoms in total. The van der Waals surface area contributed by atoms with Gasteiger partial charge in [-0.05, 0) is 45.0 Å². The summed E-state index contributed by atoms with van der Waals surface area (Å²) in [5, 5.41) is 0. The van der Waals surface area contributed by atoms with Crippen molar-refractivity contribution in [3.63, 3.8) is 0 Å². The second kappa shape index (κ2) is 6.64. The summed E-state index contributed by atoms with van der Waals surface area (Å²) in [6.45, 7) is 5.38. The van der Waals surface area contributed by atoms with Gasteiger partial charge in [0.15, 0.2) is 0 Å². The van der Waals surface area contributed by atoms with Crippen LogP contribution in [0.25, 0.3) is 0 Å². The standard InChI is InChI=1S/C19H21NO5S/c1-4-24-18(21)13-19(3)20(16-7-5-6-8-17(16)25-19)26(22,23)15-11-9-14(2)10-12-15/h5-12H,4,13H2,1-3H3. The fraction of sp³-hybridized carbons (Fsp3) is 0.316. The Kier molecular flexibility index (Phi) is 4.66. The van der Waals surface area contributed by atoms with Crippen LogP contribution in [0.5, 0.6) is 5.75 Å². The predicted molar refractivity (Wildman–Crippen MR) is 97.6 cm³/mol. The van der Waals surface area contributed by atoms with Crippen molar-refractivity contribution in [2.75, 3.05) is 10.9 Å². The molecule has 2 aromatic rings. The Morgan fingerprint density at radius 2 is 1.81 bits per heavy atom. The average Bonchev–Trinajstić information content (AvgIpc) is 2.87. The maximum absolute atomic E-state index is 13.4. The number of rotatable bonds is 5. The molecule has 0 saturated carbocycles. The van der Waals surface area contributed by atoms with Gasteiger partial charge < -0.3 is 9.47 Å². The quantitative estimate of drug-likeness (QED) is 0.750. The third kappa shape index (κ3) is 3.14. The second-order valence-corrected chi connectivity index (χ2v) is 8.10. The SMILES string of the molecule is CCOC(=O)CC1(C)Oc2ccccc2N1S(=O)(=O)c1ccc(C)cc1. The summed E-state index contributed by atoms with van der Waals surface area (Å²) < 4.78 is 38.8. The molecule has 138 valence electrons. The lowest BCUT2D eigenvalue weighted by Crippen LogP contribution is -2.51. The van der Waals surface area contributed by atoms with Crippen LogP contribution < -0.4 is 9.04 Å². The van der Waals surface area contributed by atoms with Gasteiger partial charge in [0.25, 0.3) is 10.0 Å². The van der Waals surface area contributed by atoms with E-state index in [1.54, 1.807) is 62.4 Å². The molecule has 1 unspecified atom stereocenters. The third-order valence-corrected chi connectivity index (χ3v) is 6.11. The number of anilines is 1. The summed E-state index contributed by atoms with van der Waals surface area (Å²) in [5.41, 5.74) is -0.0455. The number of benzene rings is 2. The molecule has 0 radical (unpaired) electrons. The Bertz CT molecular complexity index is 923. The first-order chi connectivity index (χ1) is 12.3. The smallest absolute Gasteiger partial charge is 0.311 e. The molecule has 0 bridgehead atoms. The molecule has 0 aliphatic carbocycles. The molecule has 7 heteroatoms. The lowest BCUT2D eigenvalue weighted by Gasteiger charge is -2.33. The molecular formula is C19H21NO5S. The fourth-order valence-electron chi connectivity index (χ4n) is 3.03. The molecular weight excluding hydrogens is 354 g/mol. The van der Waals surface area contributed by atoms with Crippen LogP contribution >= 0.6 is 0 Å². The monoisotopic (exact) mass is 375 g/mol. The lowest BCUT2D eigenvalue weighted by atomic mass is 10.2. The molecule has 1 aliphatic heterocycles. The minimum Gasteiger partial charge on any atom is -0.466 e. The summed E-state index contributed by atoms with van der Waals surface area (Å²) in [6.07, 6.45) is -0.222. The van der Waals surface area contributed by atoms with Crippen molar-refractivity contribution in [1.29, 1.82) is 0 Å². The van der Waals surface area contributed by atoms with Crippen LogP contribution in [-0.4, -0.2) is 26.7 Å². The van der Waals surface area contributed by atoms with Crippen molar-refractivity contribution in [2.45, 2.75) is 37.8 Å². The second-order valence-electron chi connectivity index (χ2n) is 6.31. The van der Waals surface area contributed by atoms with Gasteiger partial charge in [-0.15, -0.1) is 0 Å². The highest BCUT2D eigenvalue weighted by Gasteiger charge is 2.50. The van der Waals surface area contributed by atoms with E-state index in [2.05, 4.69) is 0 Å². The number of carbonyl (C=O) groups excluding carboxylic acids is 1. The van der Waals surface area contributed by atoms with Crippen molar-refractivity contribution in [1.82, 2.24) is 0 Å². The zero-order valence-corrected chi connectivity index (χ0v) is 15.7. The molecule has 1 atom stereocenters. The Morgan fingerprint density at radius 3 is 2.46 bits per heavy atom. The van der Waals surface area contributed by atoms with Gasteiger partial charge in [0, 0.05) is 0 Å². The molecule has 1 heterocycles. The number of hydrogen-bond donors (Lipinski definition) is 0. The first-order valence-corrected chi connectivity index (χ1v) is 9.78. The molecule has 0 aromatic heterocycles. The lowest BCUT2D eigenvalue weighted by molar-refractivity contribution is -0.146. The molecule has 0 amide bonds. The third-order valence-electron chi connectivity index (χ3n) is 4.18. The van der Waals surface area contributed by atoms with Crippen molar-refractivity contribution in [3.05, 3.63) is 54.1 Å². The first kappa shape index (κ1) is 18.3. The van der Waals surface area contributed by atoms with Crippen LogP contribution in [0.4, 0.5) is 5.69 Å². The Morgan fingerprint density at radius 1 is 1.15 bits per heavy atom. The number of para-hydroxylation sites is 2. The van der Waals surface area contributed by atoms with Crippen LogP contribution in [-0.2, 0) is 19.6 Å². The molecule has 0 spiro atoms. The van der Waals surface area contributed by atoms with E-state index in [0.29, 0.717) is 11.4 Å². The maximum atomic E-state index is 13.4. The number of nitrogens with zero attached hydrogens (tertiary/aromatic N) is 1. The van der Waals surface area contributed by atoms with Gasteiger partial charge in [0.1, 0.15) is 12.2 Å². The fourth-order valence-corrected chi connectivity index (χ4v) is 4.74.